The van der Waals surface area contributed by atoms with Gasteiger partial charge in [-0.05, 0) is 11.6 Å². The van der Waals surface area contributed by atoms with Crippen molar-refractivity contribution in [1.29, 1.82) is 0 Å². The van der Waals surface area contributed by atoms with E-state index in [0.717, 1.165) is 5.56 Å². The summed E-state index contributed by atoms with van der Waals surface area (Å²) < 4.78 is 0. The third-order valence-electron chi connectivity index (χ3n) is 1.17. The number of carbonyl (C=O) groups is 1. The maximum atomic E-state index is 10.4. The predicted molar refractivity (Wildman–Crippen MR) is 38.2 cm³/mol. The highest BCUT2D eigenvalue weighted by Crippen LogP contribution is 1.97. The molecule has 2 nitrogen and oxygen atoms in total. The van der Waals surface area contributed by atoms with Gasteiger partial charge < -0.3 is 5.73 Å². The summed E-state index contributed by atoms with van der Waals surface area (Å²) in [6, 6.07) is 10.0. The molecular weight excluding hydrogens is 126 g/mol. The minimum atomic E-state index is -0.300. The molecule has 0 aromatic heterocycles. The van der Waals surface area contributed by atoms with Gasteiger partial charge in [0.15, 0.2) is 0 Å². The van der Waals surface area contributed by atoms with Gasteiger partial charge in [-0.2, -0.15) is 0 Å². The minimum absolute atomic E-state index is 0.300. The molecule has 1 amide bonds. The van der Waals surface area contributed by atoms with Crippen molar-refractivity contribution in [1.82, 2.24) is 0 Å². The van der Waals surface area contributed by atoms with Gasteiger partial charge >= 0.3 is 0 Å². The van der Waals surface area contributed by atoms with Crippen molar-refractivity contribution in [3.05, 3.63) is 35.9 Å². The summed E-state index contributed by atoms with van der Waals surface area (Å²) in [5.74, 6) is -0.300. The first-order valence-electron chi connectivity index (χ1n) is 3.02. The van der Waals surface area contributed by atoms with Crippen molar-refractivity contribution in [3.63, 3.8) is 0 Å². The van der Waals surface area contributed by atoms with Gasteiger partial charge in [0, 0.05) is 0 Å². The number of hydrogen-bond donors (Lipinski definition) is 1. The third kappa shape index (κ3) is 1.90. The Hall–Kier alpha value is -1.31. The molecule has 0 aliphatic heterocycles. The van der Waals surface area contributed by atoms with Crippen molar-refractivity contribution in [2.24, 2.45) is 5.73 Å². The fourth-order valence-electron chi connectivity index (χ4n) is 0.740. The fourth-order valence-corrected chi connectivity index (χ4v) is 0.740. The summed E-state index contributed by atoms with van der Waals surface area (Å²) in [6.07, 6.45) is 0.314. The molecule has 0 aliphatic rings. The Morgan fingerprint density at radius 2 is 2.10 bits per heavy atom. The van der Waals surface area contributed by atoms with E-state index in [2.05, 4.69) is 6.07 Å². The SMILES string of the molecule is NC(=O)Cc1cc[c]cc1. The molecule has 2 N–H and O–H groups in total. The molecule has 0 spiro atoms. The van der Waals surface area contributed by atoms with Crippen LogP contribution in [0, 0.1) is 6.07 Å². The molecular formula is C8H8NO. The molecule has 10 heavy (non-hydrogen) atoms. The molecule has 1 radical (unpaired) electrons. The highest BCUT2D eigenvalue weighted by molar-refractivity contribution is 5.76. The van der Waals surface area contributed by atoms with Crippen LogP contribution in [0.5, 0.6) is 0 Å². The Bertz CT molecular complexity index is 218. The number of hydrogen-bond acceptors (Lipinski definition) is 1. The van der Waals surface area contributed by atoms with Crippen molar-refractivity contribution >= 4 is 5.91 Å². The van der Waals surface area contributed by atoms with Crippen LogP contribution in [0.4, 0.5) is 0 Å². The van der Waals surface area contributed by atoms with E-state index in [1.54, 1.807) is 12.1 Å². The summed E-state index contributed by atoms with van der Waals surface area (Å²) in [7, 11) is 0. The number of nitrogens with two attached hydrogens (primary N) is 1. The summed E-state index contributed by atoms with van der Waals surface area (Å²) >= 11 is 0. The Morgan fingerprint density at radius 1 is 1.50 bits per heavy atom. The van der Waals surface area contributed by atoms with E-state index in [1.165, 1.54) is 0 Å². The van der Waals surface area contributed by atoms with Crippen LogP contribution in [-0.4, -0.2) is 5.91 Å². The third-order valence-corrected chi connectivity index (χ3v) is 1.17. The average molecular weight is 134 g/mol. The molecule has 1 rings (SSSR count). The highest BCUT2D eigenvalue weighted by atomic mass is 16.1. The number of amides is 1. The monoisotopic (exact) mass is 134 g/mol. The average Bonchev–Trinajstić information content (AvgIpc) is 1.88. The molecule has 0 atom stereocenters. The van der Waals surface area contributed by atoms with Crippen LogP contribution in [-0.2, 0) is 11.2 Å². The van der Waals surface area contributed by atoms with Crippen LogP contribution < -0.4 is 5.73 Å². The molecule has 0 aliphatic carbocycles. The van der Waals surface area contributed by atoms with Crippen molar-refractivity contribution in [2.75, 3.05) is 0 Å². The summed E-state index contributed by atoms with van der Waals surface area (Å²) in [4.78, 5) is 10.4. The van der Waals surface area contributed by atoms with E-state index in [-0.39, 0.29) is 5.91 Å². The molecule has 0 heterocycles. The van der Waals surface area contributed by atoms with Gasteiger partial charge in [0.2, 0.25) is 5.91 Å². The van der Waals surface area contributed by atoms with Gasteiger partial charge in [-0.25, -0.2) is 0 Å². The van der Waals surface area contributed by atoms with Crippen LogP contribution >= 0.6 is 0 Å². The standard InChI is InChI=1S/C8H8NO/c9-8(10)6-7-4-2-1-3-5-7/h2-5H,6H2,(H2,9,10). The van der Waals surface area contributed by atoms with E-state index in [1.807, 2.05) is 12.1 Å². The zero-order valence-corrected chi connectivity index (χ0v) is 5.50. The van der Waals surface area contributed by atoms with Gasteiger partial charge in [-0.15, -0.1) is 0 Å². The lowest BCUT2D eigenvalue weighted by molar-refractivity contribution is -0.117. The quantitative estimate of drug-likeness (QED) is 0.629. The second-order valence-corrected chi connectivity index (χ2v) is 2.05. The molecule has 0 saturated heterocycles. The maximum Gasteiger partial charge on any atom is 0.221 e. The second kappa shape index (κ2) is 3.01. The second-order valence-electron chi connectivity index (χ2n) is 2.05. The van der Waals surface area contributed by atoms with Crippen molar-refractivity contribution in [2.45, 2.75) is 6.42 Å². The lowest BCUT2D eigenvalue weighted by atomic mass is 10.1. The minimum Gasteiger partial charge on any atom is -0.369 e. The molecule has 1 aromatic carbocycles. The van der Waals surface area contributed by atoms with Gasteiger partial charge in [-0.3, -0.25) is 4.79 Å². The Kier molecular flexibility index (Phi) is 2.05. The van der Waals surface area contributed by atoms with E-state index in [9.17, 15) is 4.79 Å². The molecule has 0 saturated carbocycles. The first-order chi connectivity index (χ1) is 4.79. The van der Waals surface area contributed by atoms with Crippen LogP contribution in [0.15, 0.2) is 24.3 Å². The Balaban J connectivity index is 2.67. The molecule has 0 fully saturated rings. The first-order valence-corrected chi connectivity index (χ1v) is 3.02. The molecule has 0 unspecified atom stereocenters. The zero-order valence-electron chi connectivity index (χ0n) is 5.50. The number of carbonyl (C=O) groups excluding carboxylic acids is 1. The molecule has 1 aromatic rings. The zero-order chi connectivity index (χ0) is 7.40. The fraction of sp³-hybridized carbons (Fsp3) is 0.125. The van der Waals surface area contributed by atoms with Crippen LogP contribution in [0.2, 0.25) is 0 Å². The predicted octanol–water partition coefficient (Wildman–Crippen LogP) is 0.515. The van der Waals surface area contributed by atoms with Gasteiger partial charge in [0.1, 0.15) is 0 Å². The number of primary amides is 1. The van der Waals surface area contributed by atoms with Gasteiger partial charge in [0.25, 0.3) is 0 Å². The van der Waals surface area contributed by atoms with Crippen LogP contribution in [0.25, 0.3) is 0 Å². The van der Waals surface area contributed by atoms with E-state index in [4.69, 9.17) is 5.73 Å². The van der Waals surface area contributed by atoms with E-state index >= 15 is 0 Å². The number of rotatable bonds is 2. The molecule has 51 valence electrons. The molecule has 2 heteroatoms. The maximum absolute atomic E-state index is 10.4. The smallest absolute Gasteiger partial charge is 0.221 e. The largest absolute Gasteiger partial charge is 0.369 e. The number of benzene rings is 1. The summed E-state index contributed by atoms with van der Waals surface area (Å²) in [6.45, 7) is 0. The Labute approximate surface area is 59.7 Å². The first kappa shape index (κ1) is 6.81. The van der Waals surface area contributed by atoms with Gasteiger partial charge in [-0.1, -0.05) is 24.3 Å². The summed E-state index contributed by atoms with van der Waals surface area (Å²) in [5, 5.41) is 0. The van der Waals surface area contributed by atoms with E-state index < -0.39 is 0 Å². The van der Waals surface area contributed by atoms with Crippen molar-refractivity contribution in [3.8, 4) is 0 Å². The van der Waals surface area contributed by atoms with E-state index in [0.29, 0.717) is 6.42 Å². The molecule has 0 bridgehead atoms. The topological polar surface area (TPSA) is 43.1 Å². The Morgan fingerprint density at radius 3 is 2.60 bits per heavy atom. The highest BCUT2D eigenvalue weighted by Gasteiger charge is 1.94. The summed E-state index contributed by atoms with van der Waals surface area (Å²) in [5.41, 5.74) is 5.91. The lowest BCUT2D eigenvalue weighted by Gasteiger charge is -1.93. The normalized spacial score (nSPS) is 9.20. The van der Waals surface area contributed by atoms with Crippen molar-refractivity contribution < 1.29 is 4.79 Å². The lowest BCUT2D eigenvalue weighted by Crippen LogP contribution is -2.13. The van der Waals surface area contributed by atoms with Gasteiger partial charge in [0.05, 0.1) is 6.42 Å². The van der Waals surface area contributed by atoms with Crippen LogP contribution in [0.1, 0.15) is 5.56 Å². The van der Waals surface area contributed by atoms with Crippen LogP contribution in [0.3, 0.4) is 0 Å².